The lowest BCUT2D eigenvalue weighted by molar-refractivity contribution is 0.0970. The maximum absolute atomic E-state index is 15.9. The van der Waals surface area contributed by atoms with Crippen molar-refractivity contribution in [2.24, 2.45) is 5.92 Å². The van der Waals surface area contributed by atoms with Crippen molar-refractivity contribution in [1.82, 2.24) is 0 Å². The third kappa shape index (κ3) is 13.5. The first-order chi connectivity index (χ1) is 37.8. The van der Waals surface area contributed by atoms with Crippen LogP contribution in [-0.2, 0) is 16.2 Å². The number of ketones is 2. The molecule has 79 heavy (non-hydrogen) atoms. The molecule has 0 unspecified atom stereocenters. The molecule has 0 saturated heterocycles. The predicted octanol–water partition coefficient (Wildman–Crippen LogP) is 22.3. The minimum atomic E-state index is -0.0995. The van der Waals surface area contributed by atoms with E-state index in [2.05, 4.69) is 215 Å². The molecule has 0 spiro atoms. The minimum absolute atomic E-state index is 0.00969. The Morgan fingerprint density at radius 2 is 0.595 bits per heavy atom. The third-order valence-electron chi connectivity index (χ3n) is 17.3. The average molecular weight is 1120 g/mol. The molecule has 0 radical (unpaired) electrons. The number of rotatable bonds is 15. The number of hydrogen-bond acceptors (Lipinski definition) is 6. The topological polar surface area (TPSA) is 34.1 Å². The number of carbonyl (C=O) groups is 2. The van der Waals surface area contributed by atoms with Gasteiger partial charge in [0, 0.05) is 61.4 Å². The fourth-order valence-corrected chi connectivity index (χ4v) is 16.1. The molecule has 6 heteroatoms. The SMILES string of the molecule is CCCCCC1CCC(c2ccc(C3CCC(c4ccc(Sc5ccc(Sc6ccc(C(C)(C)C)cc6)c6c5C(=O)c5c(Sc7ccc(C(C)(C)C)cc7)ccc(Sc7ccc(C(C)(C)C)cc7)c5C6=O)cc4)CC3)cc2)CC1. The summed E-state index contributed by atoms with van der Waals surface area (Å²) < 4.78 is 0. The average Bonchev–Trinajstić information content (AvgIpc) is 3.46. The van der Waals surface area contributed by atoms with Gasteiger partial charge in [-0.05, 0) is 197 Å². The van der Waals surface area contributed by atoms with Gasteiger partial charge in [0.1, 0.15) is 0 Å². The van der Waals surface area contributed by atoms with E-state index in [1.54, 1.807) is 52.6 Å². The molecule has 0 atom stereocenters. The van der Waals surface area contributed by atoms with E-state index in [1.807, 2.05) is 0 Å². The van der Waals surface area contributed by atoms with Gasteiger partial charge in [-0.15, -0.1) is 0 Å². The molecule has 0 amide bonds. The van der Waals surface area contributed by atoms with Gasteiger partial charge < -0.3 is 0 Å². The van der Waals surface area contributed by atoms with Crippen molar-refractivity contribution in [1.29, 1.82) is 0 Å². The van der Waals surface area contributed by atoms with Crippen molar-refractivity contribution in [3.63, 3.8) is 0 Å². The van der Waals surface area contributed by atoms with E-state index in [0.717, 1.165) is 51.0 Å². The summed E-state index contributed by atoms with van der Waals surface area (Å²) in [4.78, 5) is 39.1. The normalized spacial score (nSPS) is 18.8. The first-order valence-electron chi connectivity index (χ1n) is 29.5. The molecule has 0 aliphatic heterocycles. The monoisotopic (exact) mass is 1120 g/mol. The van der Waals surface area contributed by atoms with Crippen LogP contribution in [0, 0.1) is 5.92 Å². The zero-order chi connectivity index (χ0) is 55.6. The minimum Gasteiger partial charge on any atom is -0.288 e. The fraction of sp³-hybridized carbons (Fsp3) is 0.397. The molecule has 410 valence electrons. The lowest BCUT2D eigenvalue weighted by atomic mass is 9.75. The number of hydrogen-bond donors (Lipinski definition) is 0. The van der Waals surface area contributed by atoms with Crippen molar-refractivity contribution in [3.05, 3.63) is 201 Å². The van der Waals surface area contributed by atoms with Crippen LogP contribution in [0.2, 0.25) is 0 Å². The summed E-state index contributed by atoms with van der Waals surface area (Å²) in [5, 5.41) is 0. The van der Waals surface area contributed by atoms with Crippen LogP contribution in [0.1, 0.15) is 229 Å². The van der Waals surface area contributed by atoms with Crippen LogP contribution in [0.3, 0.4) is 0 Å². The van der Waals surface area contributed by atoms with E-state index in [9.17, 15) is 0 Å². The largest absolute Gasteiger partial charge is 0.288 e. The first kappa shape index (κ1) is 57.5. The Morgan fingerprint density at radius 1 is 0.342 bits per heavy atom. The van der Waals surface area contributed by atoms with E-state index in [0.29, 0.717) is 34.1 Å². The van der Waals surface area contributed by atoms with Gasteiger partial charge in [0.05, 0.1) is 0 Å². The van der Waals surface area contributed by atoms with Crippen LogP contribution in [0.4, 0.5) is 0 Å². The first-order valence-corrected chi connectivity index (χ1v) is 32.7. The maximum Gasteiger partial charge on any atom is 0.196 e. The van der Waals surface area contributed by atoms with Crippen molar-refractivity contribution in [3.8, 4) is 0 Å². The second kappa shape index (κ2) is 24.4. The molecule has 7 aromatic rings. The standard InChI is InChI=1S/C73H82O2S4/c1-11-12-13-14-47-15-17-48(18-16-47)49-19-21-50(22-20-49)51-23-25-52(26-24-51)53-27-35-57(36-28-53)76-61-43-44-62(77-58-37-29-54(30-38-58)71(2,3)4)66-65(61)69(74)67-63(78-59-39-31-55(32-40-59)72(5,6)7)45-46-64(68(67)70(66)75)79-60-41-33-56(34-42-60)73(8,9)10/h19-22,27-48,51-52H,11-18,23-26H2,1-10H3. The number of carbonyl (C=O) groups excluding carboxylic acids is 2. The van der Waals surface area contributed by atoms with Crippen LogP contribution in [-0.4, -0.2) is 11.6 Å². The zero-order valence-electron chi connectivity index (χ0n) is 48.6. The highest BCUT2D eigenvalue weighted by molar-refractivity contribution is 8.00. The van der Waals surface area contributed by atoms with Crippen molar-refractivity contribution >= 4 is 58.6 Å². The van der Waals surface area contributed by atoms with Gasteiger partial charge in [0.15, 0.2) is 11.6 Å². The Morgan fingerprint density at radius 3 is 0.861 bits per heavy atom. The van der Waals surface area contributed by atoms with Gasteiger partial charge >= 0.3 is 0 Å². The second-order valence-corrected chi connectivity index (χ2v) is 30.5. The molecule has 3 aliphatic rings. The third-order valence-corrected chi connectivity index (χ3v) is 21.5. The zero-order valence-corrected chi connectivity index (χ0v) is 51.9. The summed E-state index contributed by atoms with van der Waals surface area (Å²) in [6, 6.07) is 53.2. The van der Waals surface area contributed by atoms with Crippen LogP contribution in [0.15, 0.2) is 185 Å². The Balaban J connectivity index is 0.926. The predicted molar refractivity (Wildman–Crippen MR) is 337 cm³/mol. The molecule has 10 rings (SSSR count). The fourth-order valence-electron chi connectivity index (χ4n) is 12.3. The van der Waals surface area contributed by atoms with Gasteiger partial charge in [-0.1, -0.05) is 215 Å². The second-order valence-electron chi connectivity index (χ2n) is 26.0. The lowest BCUT2D eigenvalue weighted by Gasteiger charge is -2.30. The highest BCUT2D eigenvalue weighted by Gasteiger charge is 2.39. The van der Waals surface area contributed by atoms with Crippen LogP contribution in [0.5, 0.6) is 0 Å². The highest BCUT2D eigenvalue weighted by atomic mass is 32.2. The Bertz CT molecular complexity index is 3240. The Labute approximate surface area is 491 Å². The van der Waals surface area contributed by atoms with E-state index >= 15 is 9.59 Å². The number of fused-ring (bicyclic) bond motifs is 2. The van der Waals surface area contributed by atoms with Crippen LogP contribution < -0.4 is 0 Å². The van der Waals surface area contributed by atoms with Crippen molar-refractivity contribution in [2.45, 2.75) is 219 Å². The molecule has 0 bridgehead atoms. The molecule has 7 aromatic carbocycles. The van der Waals surface area contributed by atoms with E-state index in [-0.39, 0.29) is 27.8 Å². The Kier molecular flexibility index (Phi) is 17.8. The molecule has 0 N–H and O–H groups in total. The molecular weight excluding hydrogens is 1040 g/mol. The molecule has 2 saturated carbocycles. The maximum atomic E-state index is 15.9. The molecule has 2 nitrogen and oxygen atoms in total. The van der Waals surface area contributed by atoms with Crippen LogP contribution in [0.25, 0.3) is 0 Å². The molecule has 2 fully saturated rings. The smallest absolute Gasteiger partial charge is 0.196 e. The van der Waals surface area contributed by atoms with E-state index in [4.69, 9.17) is 0 Å². The van der Waals surface area contributed by atoms with E-state index in [1.165, 1.54) is 105 Å². The van der Waals surface area contributed by atoms with Gasteiger partial charge in [-0.3, -0.25) is 9.59 Å². The van der Waals surface area contributed by atoms with Crippen molar-refractivity contribution < 1.29 is 9.59 Å². The molecule has 3 aliphatic carbocycles. The number of benzene rings is 7. The van der Waals surface area contributed by atoms with Gasteiger partial charge in [-0.2, -0.15) is 0 Å². The van der Waals surface area contributed by atoms with Gasteiger partial charge in [0.25, 0.3) is 0 Å². The number of unbranched alkanes of at least 4 members (excludes halogenated alkanes) is 2. The quantitative estimate of drug-likeness (QED) is 0.0952. The van der Waals surface area contributed by atoms with Gasteiger partial charge in [0.2, 0.25) is 0 Å². The Hall–Kier alpha value is -4.72. The lowest BCUT2D eigenvalue weighted by Crippen LogP contribution is -2.24. The van der Waals surface area contributed by atoms with Crippen LogP contribution >= 0.6 is 47.0 Å². The summed E-state index contributed by atoms with van der Waals surface area (Å²) in [5.74, 6) is 2.64. The summed E-state index contributed by atoms with van der Waals surface area (Å²) in [7, 11) is 0. The highest BCUT2D eigenvalue weighted by Crippen LogP contribution is 2.50. The molecule has 0 heterocycles. The summed E-state index contributed by atoms with van der Waals surface area (Å²) >= 11 is 6.31. The molecule has 0 aromatic heterocycles. The van der Waals surface area contributed by atoms with Crippen molar-refractivity contribution in [2.75, 3.05) is 0 Å². The van der Waals surface area contributed by atoms with Gasteiger partial charge in [-0.25, -0.2) is 0 Å². The summed E-state index contributed by atoms with van der Waals surface area (Å²) in [6.07, 6.45) is 15.9. The molecular formula is C73H82O2S4. The summed E-state index contributed by atoms with van der Waals surface area (Å²) in [5.41, 5.74) is 10.2. The van der Waals surface area contributed by atoms with E-state index < -0.39 is 0 Å². The summed E-state index contributed by atoms with van der Waals surface area (Å²) in [6.45, 7) is 22.3.